The van der Waals surface area contributed by atoms with Gasteiger partial charge in [0.15, 0.2) is 0 Å². The van der Waals surface area contributed by atoms with Crippen molar-refractivity contribution in [1.82, 2.24) is 4.98 Å². The minimum atomic E-state index is -0.505. The summed E-state index contributed by atoms with van der Waals surface area (Å²) in [6.45, 7) is 0. The van der Waals surface area contributed by atoms with Crippen LogP contribution in [0.3, 0.4) is 0 Å². The van der Waals surface area contributed by atoms with Crippen molar-refractivity contribution in [2.24, 2.45) is 0 Å². The lowest BCUT2D eigenvalue weighted by Crippen LogP contribution is -2.09. The molecule has 0 unspecified atom stereocenters. The minimum absolute atomic E-state index is 0.505. The van der Waals surface area contributed by atoms with Gasteiger partial charge in [-0.15, -0.1) is 0 Å². The largest absolute Gasteiger partial charge is 0.373 e. The van der Waals surface area contributed by atoms with Crippen molar-refractivity contribution < 1.29 is 5.11 Å². The van der Waals surface area contributed by atoms with E-state index in [2.05, 4.69) is 35.3 Å². The van der Waals surface area contributed by atoms with Gasteiger partial charge in [-0.25, -0.2) is 0 Å². The first-order valence-electron chi connectivity index (χ1n) is 7.09. The Morgan fingerprint density at radius 3 is 2.95 bits per heavy atom. The molecular formula is C19H12NO+. The summed E-state index contributed by atoms with van der Waals surface area (Å²) in [6, 6.07) is 12.7. The molecular weight excluding hydrogens is 258 g/mol. The molecule has 98 valence electrons. The van der Waals surface area contributed by atoms with E-state index in [1.807, 2.05) is 30.8 Å². The van der Waals surface area contributed by atoms with Crippen molar-refractivity contribution in [2.75, 3.05) is 0 Å². The van der Waals surface area contributed by atoms with Gasteiger partial charge in [0.1, 0.15) is 11.7 Å². The van der Waals surface area contributed by atoms with E-state index in [1.54, 1.807) is 0 Å². The molecule has 3 aromatic carbocycles. The molecule has 1 aliphatic carbocycles. The van der Waals surface area contributed by atoms with Crippen LogP contribution in [0.15, 0.2) is 48.7 Å². The van der Waals surface area contributed by atoms with Crippen LogP contribution in [0.4, 0.5) is 0 Å². The molecule has 0 radical (unpaired) electrons. The molecule has 0 aliphatic heterocycles. The molecule has 2 nitrogen and oxygen atoms in total. The summed E-state index contributed by atoms with van der Waals surface area (Å²) in [6.07, 6.45) is 7.17. The van der Waals surface area contributed by atoms with Crippen LogP contribution >= 0.6 is 0 Å². The van der Waals surface area contributed by atoms with Gasteiger partial charge in [0, 0.05) is 35.2 Å². The first-order chi connectivity index (χ1) is 10.3. The van der Waals surface area contributed by atoms with Gasteiger partial charge in [-0.1, -0.05) is 12.1 Å². The predicted octanol–water partition coefficient (Wildman–Crippen LogP) is 3.92. The SMILES string of the molecule is O[C@H]1C=Cc2cc3cnc4cccc5ccc(c2[CH+]1)c3c54. The zero-order valence-corrected chi connectivity index (χ0v) is 11.2. The normalized spacial score (nSPS) is 17.5. The van der Waals surface area contributed by atoms with Crippen molar-refractivity contribution in [3.05, 3.63) is 66.2 Å². The average molecular weight is 270 g/mol. The summed E-state index contributed by atoms with van der Waals surface area (Å²) in [5, 5.41) is 15.9. The number of hydrogen-bond donors (Lipinski definition) is 1. The van der Waals surface area contributed by atoms with Crippen molar-refractivity contribution in [1.29, 1.82) is 0 Å². The fourth-order valence-electron chi connectivity index (χ4n) is 3.46. The van der Waals surface area contributed by atoms with E-state index in [0.717, 1.165) is 22.0 Å². The number of nitrogens with zero attached hydrogens (tertiary/aromatic N) is 1. The smallest absolute Gasteiger partial charge is 0.148 e. The highest BCUT2D eigenvalue weighted by atomic mass is 16.3. The molecule has 0 fully saturated rings. The fourth-order valence-corrected chi connectivity index (χ4v) is 3.46. The molecule has 0 amide bonds. The van der Waals surface area contributed by atoms with E-state index in [-0.39, 0.29) is 0 Å². The summed E-state index contributed by atoms with van der Waals surface area (Å²) in [4.78, 5) is 4.59. The predicted molar refractivity (Wildman–Crippen MR) is 86.4 cm³/mol. The molecule has 1 atom stereocenters. The Hall–Kier alpha value is -2.58. The Morgan fingerprint density at radius 1 is 1.05 bits per heavy atom. The number of hydrogen-bond acceptors (Lipinski definition) is 2. The van der Waals surface area contributed by atoms with Crippen LogP contribution in [0.5, 0.6) is 0 Å². The molecule has 0 bridgehead atoms. The third-order valence-electron chi connectivity index (χ3n) is 4.38. The lowest BCUT2D eigenvalue weighted by molar-refractivity contribution is 0.259. The van der Waals surface area contributed by atoms with Gasteiger partial charge < -0.3 is 5.11 Å². The topological polar surface area (TPSA) is 33.1 Å². The lowest BCUT2D eigenvalue weighted by atomic mass is 9.87. The van der Waals surface area contributed by atoms with E-state index in [4.69, 9.17) is 0 Å². The number of fused-ring (bicyclic) bond motifs is 2. The van der Waals surface area contributed by atoms with E-state index in [1.165, 1.54) is 21.5 Å². The maximum atomic E-state index is 9.90. The Kier molecular flexibility index (Phi) is 1.98. The molecule has 4 aromatic rings. The number of aliphatic hydroxyl groups is 1. The van der Waals surface area contributed by atoms with Crippen LogP contribution in [0.1, 0.15) is 11.1 Å². The van der Waals surface area contributed by atoms with E-state index >= 15 is 0 Å². The lowest BCUT2D eigenvalue weighted by Gasteiger charge is -2.13. The Balaban J connectivity index is 2.07. The second-order valence-electron chi connectivity index (χ2n) is 5.61. The van der Waals surface area contributed by atoms with Gasteiger partial charge in [-0.3, -0.25) is 4.98 Å². The zero-order chi connectivity index (χ0) is 14.0. The summed E-state index contributed by atoms with van der Waals surface area (Å²) >= 11 is 0. The van der Waals surface area contributed by atoms with Gasteiger partial charge in [0.25, 0.3) is 0 Å². The van der Waals surface area contributed by atoms with Crippen LogP contribution in [0.2, 0.25) is 0 Å². The second kappa shape index (κ2) is 3.74. The van der Waals surface area contributed by atoms with Crippen molar-refractivity contribution in [2.45, 2.75) is 6.10 Å². The molecule has 1 aromatic heterocycles. The third-order valence-corrected chi connectivity index (χ3v) is 4.38. The number of pyridine rings is 1. The van der Waals surface area contributed by atoms with Gasteiger partial charge in [-0.05, 0) is 23.6 Å². The van der Waals surface area contributed by atoms with Crippen molar-refractivity contribution >= 4 is 38.5 Å². The molecule has 0 saturated carbocycles. The first-order valence-corrected chi connectivity index (χ1v) is 7.09. The van der Waals surface area contributed by atoms with Crippen LogP contribution in [-0.2, 0) is 0 Å². The van der Waals surface area contributed by atoms with Crippen LogP contribution in [0.25, 0.3) is 38.5 Å². The number of benzene rings is 3. The van der Waals surface area contributed by atoms with Gasteiger partial charge in [-0.2, -0.15) is 0 Å². The average Bonchev–Trinajstić information content (AvgIpc) is 2.52. The molecule has 0 spiro atoms. The van der Waals surface area contributed by atoms with Gasteiger partial charge in [0.05, 0.1) is 28.3 Å². The number of rotatable bonds is 0. The Bertz CT molecular complexity index is 1020. The second-order valence-corrected chi connectivity index (χ2v) is 5.61. The van der Waals surface area contributed by atoms with E-state index in [9.17, 15) is 5.11 Å². The highest BCUT2D eigenvalue weighted by Crippen LogP contribution is 2.38. The van der Waals surface area contributed by atoms with E-state index in [0.29, 0.717) is 0 Å². The van der Waals surface area contributed by atoms with Crippen molar-refractivity contribution in [3.8, 4) is 0 Å². The van der Waals surface area contributed by atoms with Crippen LogP contribution in [-0.4, -0.2) is 16.2 Å². The quantitative estimate of drug-likeness (QED) is 0.388. The molecule has 1 N–H and O–H groups in total. The maximum Gasteiger partial charge on any atom is 0.148 e. The Morgan fingerprint density at radius 2 is 2.00 bits per heavy atom. The maximum absolute atomic E-state index is 9.90. The standard InChI is InChI=1S/C19H12NO/c21-14-6-4-12-8-13-10-20-17-3-1-2-11-5-7-15(16(12)9-14)18(13)19(11)17/h1-10,14,21H/q+1/t14-/m0/s1. The molecule has 5 rings (SSSR count). The number of aliphatic hydroxyl groups excluding tert-OH is 1. The minimum Gasteiger partial charge on any atom is -0.373 e. The molecule has 1 heterocycles. The van der Waals surface area contributed by atoms with Crippen LogP contribution < -0.4 is 0 Å². The summed E-state index contributed by atoms with van der Waals surface area (Å²) in [7, 11) is 0. The molecule has 1 aliphatic rings. The first kappa shape index (κ1) is 11.1. The van der Waals surface area contributed by atoms with Gasteiger partial charge >= 0.3 is 0 Å². The summed E-state index contributed by atoms with van der Waals surface area (Å²) in [5.41, 5.74) is 3.29. The fraction of sp³-hybridized carbons (Fsp3) is 0.0526. The highest BCUT2D eigenvalue weighted by Gasteiger charge is 2.25. The molecule has 21 heavy (non-hydrogen) atoms. The molecule has 0 saturated heterocycles. The van der Waals surface area contributed by atoms with Crippen molar-refractivity contribution in [3.63, 3.8) is 0 Å². The molecule has 2 heteroatoms. The summed E-state index contributed by atoms with van der Waals surface area (Å²) in [5.74, 6) is 0. The monoisotopic (exact) mass is 270 g/mol. The van der Waals surface area contributed by atoms with E-state index < -0.39 is 6.10 Å². The Labute approximate surface area is 121 Å². The van der Waals surface area contributed by atoms with Crippen LogP contribution in [0, 0.1) is 6.42 Å². The third kappa shape index (κ3) is 1.40. The van der Waals surface area contributed by atoms with Gasteiger partial charge in [0.2, 0.25) is 0 Å². The highest BCUT2D eigenvalue weighted by molar-refractivity contribution is 6.23. The summed E-state index contributed by atoms with van der Waals surface area (Å²) < 4.78 is 0. The zero-order valence-electron chi connectivity index (χ0n) is 11.2. The number of aromatic nitrogens is 1.